The minimum Gasteiger partial charge on any atom is -0.384 e. The Morgan fingerprint density at radius 2 is 2.11 bits per heavy atom. The van der Waals surface area contributed by atoms with Crippen molar-refractivity contribution < 1.29 is 4.74 Å². The van der Waals surface area contributed by atoms with Crippen molar-refractivity contribution in [1.29, 1.82) is 0 Å². The molecular weight excluding hydrogens is 242 g/mol. The molecule has 100 valence electrons. The number of hydrogen-bond donors (Lipinski definition) is 2. The fraction of sp³-hybridized carbons (Fsp3) is 0.308. The number of hydrogen-bond acceptors (Lipinski definition) is 6. The molecule has 0 atom stereocenters. The van der Waals surface area contributed by atoms with Crippen molar-refractivity contribution in [2.24, 2.45) is 0 Å². The highest BCUT2D eigenvalue weighted by molar-refractivity contribution is 5.44. The van der Waals surface area contributed by atoms with E-state index in [9.17, 15) is 0 Å². The molecule has 2 aromatic rings. The molecule has 0 saturated heterocycles. The number of anilines is 2. The minimum absolute atomic E-state index is 0.336. The van der Waals surface area contributed by atoms with E-state index in [1.165, 1.54) is 0 Å². The van der Waals surface area contributed by atoms with Crippen molar-refractivity contribution in [2.75, 3.05) is 18.2 Å². The summed E-state index contributed by atoms with van der Waals surface area (Å²) in [4.78, 5) is 12.8. The summed E-state index contributed by atoms with van der Waals surface area (Å²) in [6.07, 6.45) is 0. The van der Waals surface area contributed by atoms with E-state index in [1.807, 2.05) is 25.1 Å². The molecule has 0 spiro atoms. The van der Waals surface area contributed by atoms with E-state index >= 15 is 0 Å². The summed E-state index contributed by atoms with van der Waals surface area (Å²) < 4.78 is 5.00. The average Bonchev–Trinajstić information content (AvgIpc) is 2.36. The van der Waals surface area contributed by atoms with Crippen molar-refractivity contribution in [3.63, 3.8) is 0 Å². The van der Waals surface area contributed by atoms with Gasteiger partial charge in [0, 0.05) is 18.9 Å². The van der Waals surface area contributed by atoms with Gasteiger partial charge in [0.1, 0.15) is 18.2 Å². The van der Waals surface area contributed by atoms with E-state index in [2.05, 4.69) is 20.3 Å². The number of rotatable bonds is 5. The van der Waals surface area contributed by atoms with Crippen molar-refractivity contribution in [2.45, 2.75) is 20.1 Å². The van der Waals surface area contributed by atoms with Crippen LogP contribution in [0.1, 0.15) is 17.2 Å². The number of aryl methyl sites for hydroxylation is 1. The van der Waals surface area contributed by atoms with Crippen LogP contribution in [0.5, 0.6) is 0 Å². The van der Waals surface area contributed by atoms with Gasteiger partial charge in [-0.3, -0.25) is 4.98 Å². The fourth-order valence-electron chi connectivity index (χ4n) is 1.68. The highest BCUT2D eigenvalue weighted by atomic mass is 16.5. The van der Waals surface area contributed by atoms with E-state index < -0.39 is 0 Å². The average molecular weight is 259 g/mol. The maximum Gasteiger partial charge on any atom is 0.158 e. The summed E-state index contributed by atoms with van der Waals surface area (Å²) in [6, 6.07) is 7.59. The molecule has 19 heavy (non-hydrogen) atoms. The van der Waals surface area contributed by atoms with E-state index in [1.54, 1.807) is 13.2 Å². The van der Waals surface area contributed by atoms with Gasteiger partial charge in [0.2, 0.25) is 0 Å². The third-order valence-electron chi connectivity index (χ3n) is 2.46. The van der Waals surface area contributed by atoms with Gasteiger partial charge in [-0.1, -0.05) is 6.07 Å². The van der Waals surface area contributed by atoms with Gasteiger partial charge in [0.25, 0.3) is 0 Å². The van der Waals surface area contributed by atoms with Crippen molar-refractivity contribution >= 4 is 11.6 Å². The van der Waals surface area contributed by atoms with Gasteiger partial charge in [0.15, 0.2) is 5.82 Å². The van der Waals surface area contributed by atoms with Gasteiger partial charge < -0.3 is 15.8 Å². The largest absolute Gasteiger partial charge is 0.384 e. The number of nitrogen functional groups attached to an aromatic ring is 1. The Morgan fingerprint density at radius 1 is 1.26 bits per heavy atom. The number of methoxy groups -OCH3 is 1. The number of aromatic nitrogens is 3. The molecule has 0 unspecified atom stereocenters. The maximum atomic E-state index is 5.72. The molecule has 0 radical (unpaired) electrons. The third-order valence-corrected chi connectivity index (χ3v) is 2.46. The lowest BCUT2D eigenvalue weighted by Crippen LogP contribution is -2.08. The second-order valence-electron chi connectivity index (χ2n) is 4.15. The lowest BCUT2D eigenvalue weighted by molar-refractivity contribution is 0.178. The SMILES string of the molecule is COCc1nc(N)cc(NCc2cccc(C)n2)n1. The van der Waals surface area contributed by atoms with Crippen molar-refractivity contribution in [3.8, 4) is 0 Å². The summed E-state index contributed by atoms with van der Waals surface area (Å²) in [5, 5.41) is 3.18. The van der Waals surface area contributed by atoms with Crippen molar-refractivity contribution in [1.82, 2.24) is 15.0 Å². The molecule has 2 heterocycles. The normalized spacial score (nSPS) is 10.4. The molecule has 0 amide bonds. The highest BCUT2D eigenvalue weighted by Crippen LogP contribution is 2.10. The van der Waals surface area contributed by atoms with Crippen LogP contribution in [-0.4, -0.2) is 22.1 Å². The standard InChI is InChI=1S/C13H17N5O/c1-9-4-3-5-10(16-9)7-15-12-6-11(14)17-13(18-12)8-19-2/h3-6H,7-8H2,1-2H3,(H3,14,15,17,18). The second-order valence-corrected chi connectivity index (χ2v) is 4.15. The van der Waals surface area contributed by atoms with E-state index in [0.717, 1.165) is 11.4 Å². The van der Waals surface area contributed by atoms with Crippen molar-refractivity contribution in [3.05, 3.63) is 41.5 Å². The van der Waals surface area contributed by atoms with Crippen LogP contribution < -0.4 is 11.1 Å². The fourth-order valence-corrected chi connectivity index (χ4v) is 1.68. The van der Waals surface area contributed by atoms with Gasteiger partial charge >= 0.3 is 0 Å². The molecule has 3 N–H and O–H groups in total. The Hall–Kier alpha value is -2.21. The Morgan fingerprint density at radius 3 is 2.84 bits per heavy atom. The first-order valence-electron chi connectivity index (χ1n) is 5.96. The number of nitrogens with zero attached hydrogens (tertiary/aromatic N) is 3. The summed E-state index contributed by atoms with van der Waals surface area (Å²) in [5.74, 6) is 1.65. The molecule has 0 bridgehead atoms. The molecule has 0 saturated carbocycles. The van der Waals surface area contributed by atoms with E-state index in [0.29, 0.717) is 30.6 Å². The van der Waals surface area contributed by atoms with Crippen LogP contribution >= 0.6 is 0 Å². The maximum absolute atomic E-state index is 5.72. The van der Waals surface area contributed by atoms with Crippen LogP contribution in [-0.2, 0) is 17.9 Å². The molecule has 6 nitrogen and oxygen atoms in total. The molecule has 0 aliphatic rings. The number of pyridine rings is 1. The Kier molecular flexibility index (Phi) is 4.25. The number of ether oxygens (including phenoxy) is 1. The summed E-state index contributed by atoms with van der Waals surface area (Å²) in [5.41, 5.74) is 7.66. The Bertz CT molecular complexity index is 558. The van der Waals surface area contributed by atoms with Gasteiger partial charge in [-0.15, -0.1) is 0 Å². The quantitative estimate of drug-likeness (QED) is 0.846. The predicted molar refractivity (Wildman–Crippen MR) is 73.5 cm³/mol. The van der Waals surface area contributed by atoms with Crippen LogP contribution in [0, 0.1) is 6.92 Å². The zero-order chi connectivity index (χ0) is 13.7. The van der Waals surface area contributed by atoms with E-state index in [4.69, 9.17) is 10.5 Å². The first-order valence-corrected chi connectivity index (χ1v) is 5.96. The molecule has 0 fully saturated rings. The molecule has 2 rings (SSSR count). The molecule has 6 heteroatoms. The van der Waals surface area contributed by atoms with Gasteiger partial charge in [-0.05, 0) is 19.1 Å². The third kappa shape index (κ3) is 3.89. The lowest BCUT2D eigenvalue weighted by Gasteiger charge is -2.08. The zero-order valence-electron chi connectivity index (χ0n) is 11.1. The molecule has 0 aliphatic heterocycles. The lowest BCUT2D eigenvalue weighted by atomic mass is 10.3. The predicted octanol–water partition coefficient (Wildman–Crippen LogP) is 1.52. The summed E-state index contributed by atoms with van der Waals surface area (Å²) >= 11 is 0. The Labute approximate surface area is 112 Å². The smallest absolute Gasteiger partial charge is 0.158 e. The van der Waals surface area contributed by atoms with Crippen LogP contribution in [0.25, 0.3) is 0 Å². The summed E-state index contributed by atoms with van der Waals surface area (Å²) in [7, 11) is 1.59. The molecule has 0 aliphatic carbocycles. The minimum atomic E-state index is 0.336. The first-order chi connectivity index (χ1) is 9.17. The van der Waals surface area contributed by atoms with E-state index in [-0.39, 0.29) is 0 Å². The van der Waals surface area contributed by atoms with Gasteiger partial charge in [0.05, 0.1) is 12.2 Å². The van der Waals surface area contributed by atoms with Crippen LogP contribution in [0.15, 0.2) is 24.3 Å². The molecular formula is C13H17N5O. The number of nitrogens with two attached hydrogens (primary N) is 1. The van der Waals surface area contributed by atoms with Gasteiger partial charge in [-0.25, -0.2) is 9.97 Å². The van der Waals surface area contributed by atoms with Crippen LogP contribution in [0.3, 0.4) is 0 Å². The zero-order valence-corrected chi connectivity index (χ0v) is 11.1. The number of nitrogens with one attached hydrogen (secondary N) is 1. The van der Waals surface area contributed by atoms with Gasteiger partial charge in [-0.2, -0.15) is 0 Å². The second kappa shape index (κ2) is 6.10. The van der Waals surface area contributed by atoms with Crippen LogP contribution in [0.4, 0.5) is 11.6 Å². The summed E-state index contributed by atoms with van der Waals surface area (Å²) in [6.45, 7) is 2.88. The van der Waals surface area contributed by atoms with Crippen LogP contribution in [0.2, 0.25) is 0 Å². The first kappa shape index (κ1) is 13.2. The molecule has 2 aromatic heterocycles. The monoisotopic (exact) mass is 259 g/mol. The Balaban J connectivity index is 2.06. The molecule has 0 aromatic carbocycles. The topological polar surface area (TPSA) is 86.0 Å². The highest BCUT2D eigenvalue weighted by Gasteiger charge is 2.03.